The molecule has 1 aliphatic rings. The lowest BCUT2D eigenvalue weighted by atomic mass is 10.1. The van der Waals surface area contributed by atoms with Gasteiger partial charge in [-0.15, -0.1) is 0 Å². The lowest BCUT2D eigenvalue weighted by molar-refractivity contribution is -0.141. The highest BCUT2D eigenvalue weighted by Gasteiger charge is 2.36. The highest BCUT2D eigenvalue weighted by Crippen LogP contribution is 2.27. The highest BCUT2D eigenvalue weighted by molar-refractivity contribution is 7.91. The molecule has 1 fully saturated rings. The Morgan fingerprint density at radius 1 is 1.39 bits per heavy atom. The standard InChI is InChI=1S/C19H22FNO6S/c1-4-21(14-7-8-28(24,25)10-14)18(22)12(3)26-19(23)17-11(2)15-9-13(20)5-6-16(15)27-17/h5-6,9,12,14H,4,7-8,10H2,1-3H3/t12-,14-/m1/s1. The first kappa shape index (κ1) is 20.3. The number of carbonyl (C=O) groups is 2. The minimum Gasteiger partial charge on any atom is -0.449 e. The average molecular weight is 411 g/mol. The molecule has 2 heterocycles. The van der Waals surface area contributed by atoms with E-state index >= 15 is 0 Å². The van der Waals surface area contributed by atoms with Gasteiger partial charge >= 0.3 is 5.97 Å². The number of likely N-dealkylation sites (N-methyl/N-ethyl adjacent to an activating group) is 1. The van der Waals surface area contributed by atoms with E-state index in [4.69, 9.17) is 9.15 Å². The molecule has 1 saturated heterocycles. The molecular formula is C19H22FNO6S. The fourth-order valence-corrected chi connectivity index (χ4v) is 5.23. The van der Waals surface area contributed by atoms with Crippen LogP contribution in [0.4, 0.5) is 4.39 Å². The van der Waals surface area contributed by atoms with Crippen LogP contribution in [-0.4, -0.2) is 55.4 Å². The summed E-state index contributed by atoms with van der Waals surface area (Å²) < 4.78 is 47.6. The number of esters is 1. The molecule has 2 aromatic rings. The van der Waals surface area contributed by atoms with Crippen molar-refractivity contribution in [3.8, 4) is 0 Å². The number of carbonyl (C=O) groups excluding carboxylic acids is 2. The SMILES string of the molecule is CCN(C(=O)[C@@H](C)OC(=O)c1oc2ccc(F)cc2c1C)[C@@H]1CCS(=O)(=O)C1. The van der Waals surface area contributed by atoms with E-state index in [1.54, 1.807) is 13.8 Å². The molecule has 1 amide bonds. The number of aryl methyl sites for hydroxylation is 1. The molecule has 0 aliphatic carbocycles. The van der Waals surface area contributed by atoms with E-state index in [0.717, 1.165) is 0 Å². The lowest BCUT2D eigenvalue weighted by Crippen LogP contribution is -2.46. The second kappa shape index (κ2) is 7.54. The van der Waals surface area contributed by atoms with E-state index in [1.165, 1.54) is 30.0 Å². The van der Waals surface area contributed by atoms with Crippen LogP contribution in [0.2, 0.25) is 0 Å². The molecule has 1 aromatic carbocycles. The zero-order valence-corrected chi connectivity index (χ0v) is 16.7. The van der Waals surface area contributed by atoms with Crippen molar-refractivity contribution in [1.29, 1.82) is 0 Å². The number of benzene rings is 1. The van der Waals surface area contributed by atoms with Crippen molar-refractivity contribution in [3.63, 3.8) is 0 Å². The number of hydrogen-bond donors (Lipinski definition) is 0. The van der Waals surface area contributed by atoms with Gasteiger partial charge < -0.3 is 14.1 Å². The number of sulfone groups is 1. The van der Waals surface area contributed by atoms with Crippen molar-refractivity contribution in [2.75, 3.05) is 18.1 Å². The van der Waals surface area contributed by atoms with E-state index in [1.807, 2.05) is 0 Å². The summed E-state index contributed by atoms with van der Waals surface area (Å²) in [6, 6.07) is 3.49. The van der Waals surface area contributed by atoms with Crippen LogP contribution in [0.15, 0.2) is 22.6 Å². The van der Waals surface area contributed by atoms with Crippen molar-refractivity contribution < 1.29 is 31.6 Å². The zero-order valence-electron chi connectivity index (χ0n) is 15.9. The number of ether oxygens (including phenoxy) is 1. The molecule has 9 heteroatoms. The van der Waals surface area contributed by atoms with Crippen LogP contribution in [0.1, 0.15) is 36.4 Å². The largest absolute Gasteiger partial charge is 0.449 e. The molecule has 1 aromatic heterocycles. The van der Waals surface area contributed by atoms with E-state index in [0.29, 0.717) is 29.5 Å². The van der Waals surface area contributed by atoms with Crippen molar-refractivity contribution in [2.24, 2.45) is 0 Å². The molecular weight excluding hydrogens is 389 g/mol. The van der Waals surface area contributed by atoms with Gasteiger partial charge in [-0.05, 0) is 45.4 Å². The monoisotopic (exact) mass is 411 g/mol. The molecule has 152 valence electrons. The normalized spacial score (nSPS) is 19.5. The molecule has 0 bridgehead atoms. The molecule has 2 atom stereocenters. The maximum atomic E-state index is 13.4. The predicted molar refractivity (Wildman–Crippen MR) is 100 cm³/mol. The number of hydrogen-bond acceptors (Lipinski definition) is 6. The maximum absolute atomic E-state index is 13.4. The zero-order chi connectivity index (χ0) is 20.6. The first-order valence-electron chi connectivity index (χ1n) is 9.03. The molecule has 0 saturated carbocycles. The molecule has 7 nitrogen and oxygen atoms in total. The van der Waals surface area contributed by atoms with Crippen LogP contribution >= 0.6 is 0 Å². The summed E-state index contributed by atoms with van der Waals surface area (Å²) in [5, 5.41) is 0.456. The van der Waals surface area contributed by atoms with Gasteiger partial charge in [0.1, 0.15) is 11.4 Å². The summed E-state index contributed by atoms with van der Waals surface area (Å²) in [4.78, 5) is 26.6. The van der Waals surface area contributed by atoms with Crippen molar-refractivity contribution >= 4 is 32.7 Å². The Hall–Kier alpha value is -2.42. The van der Waals surface area contributed by atoms with Crippen LogP contribution in [0.5, 0.6) is 0 Å². The first-order valence-corrected chi connectivity index (χ1v) is 10.9. The van der Waals surface area contributed by atoms with E-state index in [-0.39, 0.29) is 17.3 Å². The van der Waals surface area contributed by atoms with E-state index in [9.17, 15) is 22.4 Å². The first-order chi connectivity index (χ1) is 13.1. The maximum Gasteiger partial charge on any atom is 0.375 e. The minimum absolute atomic E-state index is 0.0460. The summed E-state index contributed by atoms with van der Waals surface area (Å²) in [7, 11) is -3.15. The summed E-state index contributed by atoms with van der Waals surface area (Å²) in [6.45, 7) is 5.10. The molecule has 3 rings (SSSR count). The topological polar surface area (TPSA) is 93.9 Å². The van der Waals surface area contributed by atoms with Crippen LogP contribution in [0.3, 0.4) is 0 Å². The molecule has 0 N–H and O–H groups in total. The Balaban J connectivity index is 1.74. The van der Waals surface area contributed by atoms with Gasteiger partial charge in [0, 0.05) is 23.5 Å². The molecule has 1 aliphatic heterocycles. The van der Waals surface area contributed by atoms with E-state index in [2.05, 4.69) is 0 Å². The molecule has 0 unspecified atom stereocenters. The second-order valence-electron chi connectivity index (χ2n) is 6.93. The quantitative estimate of drug-likeness (QED) is 0.702. The van der Waals surface area contributed by atoms with Gasteiger partial charge in [0.2, 0.25) is 5.76 Å². The lowest BCUT2D eigenvalue weighted by Gasteiger charge is -2.29. The summed E-state index contributed by atoms with van der Waals surface area (Å²) in [5.74, 6) is -1.87. The van der Waals surface area contributed by atoms with Crippen molar-refractivity contribution in [2.45, 2.75) is 39.3 Å². The van der Waals surface area contributed by atoms with Gasteiger partial charge in [0.25, 0.3) is 5.91 Å². The third-order valence-corrected chi connectivity index (χ3v) is 6.74. The number of furan rings is 1. The number of amides is 1. The number of halogens is 1. The van der Waals surface area contributed by atoms with Crippen LogP contribution in [0.25, 0.3) is 11.0 Å². The van der Waals surface area contributed by atoms with Crippen molar-refractivity contribution in [3.05, 3.63) is 35.3 Å². The van der Waals surface area contributed by atoms with Gasteiger partial charge in [0.15, 0.2) is 15.9 Å². The highest BCUT2D eigenvalue weighted by atomic mass is 32.2. The fraction of sp³-hybridized carbons (Fsp3) is 0.474. The third kappa shape index (κ3) is 3.89. The Labute approximate surface area is 162 Å². The Kier molecular flexibility index (Phi) is 5.47. The second-order valence-corrected chi connectivity index (χ2v) is 9.15. The van der Waals surface area contributed by atoms with Crippen LogP contribution < -0.4 is 0 Å². The average Bonchev–Trinajstić information content (AvgIpc) is 3.15. The number of fused-ring (bicyclic) bond motifs is 1. The van der Waals surface area contributed by atoms with Crippen molar-refractivity contribution in [1.82, 2.24) is 4.90 Å². The summed E-state index contributed by atoms with van der Waals surface area (Å²) in [6.07, 6.45) is -0.739. The molecule has 0 radical (unpaired) electrons. The van der Waals surface area contributed by atoms with Gasteiger partial charge in [-0.3, -0.25) is 4.79 Å². The Morgan fingerprint density at radius 2 is 2.11 bits per heavy atom. The van der Waals surface area contributed by atoms with Crippen LogP contribution in [-0.2, 0) is 19.4 Å². The molecule has 0 spiro atoms. The van der Waals surface area contributed by atoms with Gasteiger partial charge in [-0.25, -0.2) is 17.6 Å². The third-order valence-electron chi connectivity index (χ3n) is 4.99. The smallest absolute Gasteiger partial charge is 0.375 e. The summed E-state index contributed by atoms with van der Waals surface area (Å²) >= 11 is 0. The van der Waals surface area contributed by atoms with E-state index < -0.39 is 39.7 Å². The van der Waals surface area contributed by atoms with Crippen LogP contribution in [0, 0.1) is 12.7 Å². The fourth-order valence-electron chi connectivity index (χ4n) is 3.50. The van der Waals surface area contributed by atoms with Gasteiger partial charge in [0.05, 0.1) is 11.5 Å². The molecule has 28 heavy (non-hydrogen) atoms. The van der Waals surface area contributed by atoms with Gasteiger partial charge in [-0.1, -0.05) is 0 Å². The number of rotatable bonds is 5. The Morgan fingerprint density at radius 3 is 2.71 bits per heavy atom. The minimum atomic E-state index is -3.15. The number of nitrogens with zero attached hydrogens (tertiary/aromatic N) is 1. The summed E-state index contributed by atoms with van der Waals surface area (Å²) in [5.41, 5.74) is 0.768. The predicted octanol–water partition coefficient (Wildman–Crippen LogP) is 2.46. The van der Waals surface area contributed by atoms with Gasteiger partial charge in [-0.2, -0.15) is 0 Å². The Bertz CT molecular complexity index is 1030.